The van der Waals surface area contributed by atoms with E-state index in [1.54, 1.807) is 23.1 Å². The van der Waals surface area contributed by atoms with Crippen LogP contribution in [0, 0.1) is 5.92 Å². The van der Waals surface area contributed by atoms with Gasteiger partial charge in [0.05, 0.1) is 19.1 Å². The fourth-order valence-corrected chi connectivity index (χ4v) is 2.74. The molecule has 1 atom stereocenters. The lowest BCUT2D eigenvalue weighted by Crippen LogP contribution is -2.30. The van der Waals surface area contributed by atoms with Gasteiger partial charge in [0.1, 0.15) is 0 Å². The van der Waals surface area contributed by atoms with Crippen molar-refractivity contribution in [3.05, 3.63) is 60.2 Å². The molecule has 2 aromatic heterocycles. The van der Waals surface area contributed by atoms with Gasteiger partial charge in [-0.15, -0.1) is 10.2 Å². The molecule has 1 aliphatic carbocycles. The number of aryl methyl sites for hydroxylation is 2. The molecule has 1 N–H and O–H groups in total. The predicted octanol–water partition coefficient (Wildman–Crippen LogP) is 1.45. The molecular formula is C17H19N7O. The van der Waals surface area contributed by atoms with Gasteiger partial charge in [-0.3, -0.25) is 9.48 Å². The van der Waals surface area contributed by atoms with Crippen LogP contribution in [0.5, 0.6) is 0 Å². The zero-order valence-electron chi connectivity index (χ0n) is 13.7. The maximum atomic E-state index is 12.4. The normalized spacial score (nSPS) is 15.0. The minimum absolute atomic E-state index is 0.106. The molecule has 128 valence electrons. The molecule has 0 saturated heterocycles. The first-order valence-corrected chi connectivity index (χ1v) is 8.40. The number of rotatable bonds is 7. The summed E-state index contributed by atoms with van der Waals surface area (Å²) in [6.45, 7) is 1.26. The zero-order valence-corrected chi connectivity index (χ0v) is 13.7. The van der Waals surface area contributed by atoms with Gasteiger partial charge in [0.2, 0.25) is 0 Å². The summed E-state index contributed by atoms with van der Waals surface area (Å²) >= 11 is 0. The highest BCUT2D eigenvalue weighted by atomic mass is 16.1. The van der Waals surface area contributed by atoms with Gasteiger partial charge in [0, 0.05) is 18.0 Å². The third kappa shape index (κ3) is 3.73. The summed E-state index contributed by atoms with van der Waals surface area (Å²) in [7, 11) is 0. The lowest BCUT2D eigenvalue weighted by atomic mass is 10.1. The van der Waals surface area contributed by atoms with E-state index < -0.39 is 0 Å². The molecule has 25 heavy (non-hydrogen) atoms. The zero-order chi connectivity index (χ0) is 17.1. The van der Waals surface area contributed by atoms with Crippen LogP contribution in [0.25, 0.3) is 0 Å². The van der Waals surface area contributed by atoms with E-state index in [-0.39, 0.29) is 11.9 Å². The quantitative estimate of drug-likeness (QED) is 0.705. The second-order valence-electron chi connectivity index (χ2n) is 6.17. The molecule has 4 rings (SSSR count). The Morgan fingerprint density at radius 1 is 1.20 bits per heavy atom. The fourth-order valence-electron chi connectivity index (χ4n) is 2.74. The lowest BCUT2D eigenvalue weighted by Gasteiger charge is -2.14. The van der Waals surface area contributed by atoms with Crippen LogP contribution in [-0.2, 0) is 13.1 Å². The number of benzene rings is 1. The maximum absolute atomic E-state index is 12.4. The van der Waals surface area contributed by atoms with E-state index in [1.165, 1.54) is 0 Å². The molecule has 3 aromatic rings. The Kier molecular flexibility index (Phi) is 4.24. The Labute approximate surface area is 144 Å². The van der Waals surface area contributed by atoms with E-state index >= 15 is 0 Å². The van der Waals surface area contributed by atoms with Crippen molar-refractivity contribution in [1.29, 1.82) is 0 Å². The van der Waals surface area contributed by atoms with Crippen molar-refractivity contribution in [2.75, 3.05) is 0 Å². The third-order valence-electron chi connectivity index (χ3n) is 4.25. The molecule has 1 fully saturated rings. The van der Waals surface area contributed by atoms with E-state index in [1.807, 2.05) is 35.1 Å². The van der Waals surface area contributed by atoms with Crippen molar-refractivity contribution < 1.29 is 4.79 Å². The Hall–Kier alpha value is -3.03. The number of carbonyl (C=O) groups is 1. The fraction of sp³-hybridized carbons (Fsp3) is 0.353. The number of aromatic nitrogens is 6. The first-order chi connectivity index (χ1) is 12.3. The molecule has 0 radical (unpaired) electrons. The number of nitrogens with one attached hydrogen (secondary N) is 1. The topological polar surface area (TPSA) is 90.5 Å². The van der Waals surface area contributed by atoms with Crippen LogP contribution in [0.15, 0.2) is 48.8 Å². The highest BCUT2D eigenvalue weighted by Gasteiger charge is 2.36. The molecule has 1 saturated carbocycles. The van der Waals surface area contributed by atoms with Crippen LogP contribution in [0.3, 0.4) is 0 Å². The van der Waals surface area contributed by atoms with Crippen molar-refractivity contribution >= 4 is 5.91 Å². The summed E-state index contributed by atoms with van der Waals surface area (Å²) in [5.41, 5.74) is 0.638. The second kappa shape index (κ2) is 6.84. The van der Waals surface area contributed by atoms with E-state index in [0.717, 1.165) is 12.8 Å². The Balaban J connectivity index is 1.43. The minimum Gasteiger partial charge on any atom is -0.342 e. The van der Waals surface area contributed by atoms with Gasteiger partial charge in [-0.1, -0.05) is 18.2 Å². The Bertz CT molecular complexity index is 824. The Morgan fingerprint density at radius 3 is 2.76 bits per heavy atom. The number of amides is 1. The summed E-state index contributed by atoms with van der Waals surface area (Å²) < 4.78 is 1.82. The molecular weight excluding hydrogens is 318 g/mol. The van der Waals surface area contributed by atoms with Crippen LogP contribution in [-0.4, -0.2) is 35.9 Å². The second-order valence-corrected chi connectivity index (χ2v) is 6.17. The molecule has 1 aromatic carbocycles. The van der Waals surface area contributed by atoms with E-state index in [9.17, 15) is 4.79 Å². The highest BCUT2D eigenvalue weighted by molar-refractivity contribution is 5.94. The molecule has 2 heterocycles. The van der Waals surface area contributed by atoms with Gasteiger partial charge in [0.25, 0.3) is 5.91 Å². The number of hydrogen-bond acceptors (Lipinski definition) is 5. The molecule has 0 spiro atoms. The summed E-state index contributed by atoms with van der Waals surface area (Å²) in [6.07, 6.45) is 5.77. The van der Waals surface area contributed by atoms with Gasteiger partial charge in [-0.25, -0.2) is 0 Å². The van der Waals surface area contributed by atoms with Gasteiger partial charge in [-0.05, 0) is 42.2 Å². The van der Waals surface area contributed by atoms with E-state index in [4.69, 9.17) is 0 Å². The molecule has 0 bridgehead atoms. The van der Waals surface area contributed by atoms with Gasteiger partial charge in [-0.2, -0.15) is 9.90 Å². The largest absolute Gasteiger partial charge is 0.342 e. The summed E-state index contributed by atoms with van der Waals surface area (Å²) in [5.74, 6) is 0.856. The van der Waals surface area contributed by atoms with Gasteiger partial charge in [0.15, 0.2) is 5.82 Å². The summed E-state index contributed by atoms with van der Waals surface area (Å²) in [4.78, 5) is 14.0. The number of carbonyl (C=O) groups excluding carboxylic acids is 1. The first-order valence-electron chi connectivity index (χ1n) is 8.40. The minimum atomic E-state index is -0.189. The van der Waals surface area contributed by atoms with Crippen molar-refractivity contribution in [3.63, 3.8) is 0 Å². The van der Waals surface area contributed by atoms with Crippen LogP contribution in [0.1, 0.15) is 35.1 Å². The standard InChI is InChI=1S/C17H19N7O/c25-17(14-5-2-1-3-6-14)19-15(13-7-8-13)16-20-22-24(21-16)12-11-23-10-4-9-18-23/h1-6,9-10,13,15H,7-8,11-12H2,(H,19,25)/t15-/m1/s1. The predicted molar refractivity (Wildman–Crippen MR) is 89.4 cm³/mol. The Morgan fingerprint density at radius 2 is 2.04 bits per heavy atom. The monoisotopic (exact) mass is 337 g/mol. The molecule has 1 aliphatic rings. The average Bonchev–Trinajstić information content (AvgIpc) is 3.15. The lowest BCUT2D eigenvalue weighted by molar-refractivity contribution is 0.0929. The molecule has 8 heteroatoms. The molecule has 0 unspecified atom stereocenters. The van der Waals surface area contributed by atoms with Gasteiger partial charge < -0.3 is 5.32 Å². The number of hydrogen-bond donors (Lipinski definition) is 1. The van der Waals surface area contributed by atoms with Crippen LogP contribution >= 0.6 is 0 Å². The van der Waals surface area contributed by atoms with Crippen molar-refractivity contribution in [3.8, 4) is 0 Å². The van der Waals surface area contributed by atoms with Crippen molar-refractivity contribution in [2.45, 2.75) is 32.0 Å². The highest BCUT2D eigenvalue weighted by Crippen LogP contribution is 2.39. The number of tetrazole rings is 1. The first kappa shape index (κ1) is 15.5. The molecule has 0 aliphatic heterocycles. The average molecular weight is 337 g/mol. The third-order valence-corrected chi connectivity index (χ3v) is 4.25. The van der Waals surface area contributed by atoms with Crippen LogP contribution in [0.2, 0.25) is 0 Å². The summed E-state index contributed by atoms with van der Waals surface area (Å²) in [5, 5.41) is 19.9. The maximum Gasteiger partial charge on any atom is 0.251 e. The van der Waals surface area contributed by atoms with E-state index in [2.05, 4.69) is 25.8 Å². The smallest absolute Gasteiger partial charge is 0.251 e. The van der Waals surface area contributed by atoms with Crippen molar-refractivity contribution in [1.82, 2.24) is 35.3 Å². The van der Waals surface area contributed by atoms with Gasteiger partial charge >= 0.3 is 0 Å². The SMILES string of the molecule is O=C(N[C@@H](c1nnn(CCn2cccn2)n1)C1CC1)c1ccccc1. The van der Waals surface area contributed by atoms with Crippen molar-refractivity contribution in [2.24, 2.45) is 5.92 Å². The van der Waals surface area contributed by atoms with E-state index in [0.29, 0.717) is 30.4 Å². The number of nitrogens with zero attached hydrogens (tertiary/aromatic N) is 6. The van der Waals surface area contributed by atoms with Crippen LogP contribution in [0.4, 0.5) is 0 Å². The summed E-state index contributed by atoms with van der Waals surface area (Å²) in [6, 6.07) is 10.9. The van der Waals surface area contributed by atoms with Crippen LogP contribution < -0.4 is 5.32 Å². The molecule has 1 amide bonds. The molecule has 8 nitrogen and oxygen atoms in total.